The summed E-state index contributed by atoms with van der Waals surface area (Å²) < 4.78 is 15.1. The van der Waals surface area contributed by atoms with Crippen LogP contribution in [0.1, 0.15) is 26.3 Å². The summed E-state index contributed by atoms with van der Waals surface area (Å²) in [6.45, 7) is 6.61. The van der Waals surface area contributed by atoms with Gasteiger partial charge in [-0.2, -0.15) is 0 Å². The predicted octanol–water partition coefficient (Wildman–Crippen LogP) is 6.93. The van der Waals surface area contributed by atoms with Crippen LogP contribution in [-0.4, -0.2) is 0 Å². The van der Waals surface area contributed by atoms with E-state index in [1.54, 1.807) is 0 Å². The lowest BCUT2D eigenvalue weighted by Crippen LogP contribution is -2.25. The van der Waals surface area contributed by atoms with Gasteiger partial charge in [0.05, 0.1) is 0 Å². The van der Waals surface area contributed by atoms with E-state index < -0.39 is 7.14 Å². The lowest BCUT2D eigenvalue weighted by molar-refractivity contribution is 0.589. The van der Waals surface area contributed by atoms with E-state index in [1.165, 1.54) is 5.56 Å². The molecule has 0 spiro atoms. The molecule has 0 atom stereocenters. The molecule has 5 rings (SSSR count). The minimum atomic E-state index is -3.06. The maximum absolute atomic E-state index is 15.1. The van der Waals surface area contributed by atoms with Crippen LogP contribution in [0.25, 0.3) is 21.5 Å². The van der Waals surface area contributed by atoms with Gasteiger partial charge in [0.2, 0.25) is 0 Å². The molecule has 0 heterocycles. The van der Waals surface area contributed by atoms with Crippen molar-refractivity contribution in [3.8, 4) is 0 Å². The Morgan fingerprint density at radius 1 is 0.500 bits per heavy atom. The molecule has 5 aromatic carbocycles. The minimum absolute atomic E-state index is 0.0500. The molecule has 1 nitrogen and oxygen atoms in total. The Labute approximate surface area is 190 Å². The molecule has 32 heavy (non-hydrogen) atoms. The van der Waals surface area contributed by atoms with Crippen molar-refractivity contribution in [3.05, 3.63) is 115 Å². The normalized spacial score (nSPS) is 12.3. The van der Waals surface area contributed by atoms with Gasteiger partial charge < -0.3 is 4.57 Å². The predicted molar refractivity (Wildman–Crippen MR) is 140 cm³/mol. The molecule has 0 aromatic heterocycles. The van der Waals surface area contributed by atoms with E-state index in [0.29, 0.717) is 0 Å². The second-order valence-corrected chi connectivity index (χ2v) is 12.2. The molecule has 0 saturated heterocycles. The van der Waals surface area contributed by atoms with Gasteiger partial charge in [-0.05, 0) is 44.7 Å². The number of hydrogen-bond donors (Lipinski definition) is 0. The first kappa shape index (κ1) is 20.7. The zero-order valence-corrected chi connectivity index (χ0v) is 19.6. The number of benzene rings is 5. The van der Waals surface area contributed by atoms with Crippen molar-refractivity contribution in [2.45, 2.75) is 26.2 Å². The highest BCUT2D eigenvalue weighted by molar-refractivity contribution is 7.85. The maximum atomic E-state index is 15.1. The van der Waals surface area contributed by atoms with Gasteiger partial charge >= 0.3 is 0 Å². The molecular weight excluding hydrogens is 407 g/mol. The lowest BCUT2D eigenvalue weighted by Gasteiger charge is -2.23. The Hall–Kier alpha value is -3.15. The van der Waals surface area contributed by atoms with Crippen LogP contribution < -0.4 is 15.9 Å². The highest BCUT2D eigenvalue weighted by Gasteiger charge is 2.30. The number of hydrogen-bond acceptors (Lipinski definition) is 1. The van der Waals surface area contributed by atoms with Crippen LogP contribution >= 0.6 is 7.14 Å². The monoisotopic (exact) mass is 434 g/mol. The van der Waals surface area contributed by atoms with Crippen LogP contribution in [-0.2, 0) is 9.98 Å². The van der Waals surface area contributed by atoms with Crippen LogP contribution in [0.3, 0.4) is 0 Å². The highest BCUT2D eigenvalue weighted by atomic mass is 31.2. The number of rotatable bonds is 3. The van der Waals surface area contributed by atoms with E-state index in [9.17, 15) is 0 Å². The molecule has 0 saturated carbocycles. The number of fused-ring (bicyclic) bond motifs is 2. The fourth-order valence-corrected chi connectivity index (χ4v) is 7.04. The van der Waals surface area contributed by atoms with E-state index in [-0.39, 0.29) is 5.41 Å². The topological polar surface area (TPSA) is 17.1 Å². The Bertz CT molecular complexity index is 1390. The molecule has 0 bridgehead atoms. The molecule has 0 aliphatic heterocycles. The standard InChI is InChI=1S/C30H27OP/c1-30(2,3)26-14-18-27(19-15-26)32(31,28-16-12-22-8-4-6-10-24(22)20-28)29-17-13-23-9-5-7-11-25(23)21-29/h4-21H,1-3H3. The molecule has 0 unspecified atom stereocenters. The maximum Gasteiger partial charge on any atom is 0.171 e. The van der Waals surface area contributed by atoms with Gasteiger partial charge in [-0.25, -0.2) is 0 Å². The van der Waals surface area contributed by atoms with Gasteiger partial charge in [-0.15, -0.1) is 0 Å². The third kappa shape index (κ3) is 3.57. The molecule has 0 aliphatic rings. The molecule has 0 aliphatic carbocycles. The Kier molecular flexibility index (Phi) is 5.03. The summed E-state index contributed by atoms with van der Waals surface area (Å²) in [6, 6.07) is 37.3. The first-order valence-electron chi connectivity index (χ1n) is 11.1. The molecule has 5 aromatic rings. The average Bonchev–Trinajstić information content (AvgIpc) is 2.82. The third-order valence-electron chi connectivity index (χ3n) is 6.29. The van der Waals surface area contributed by atoms with E-state index in [4.69, 9.17) is 0 Å². The Morgan fingerprint density at radius 3 is 1.34 bits per heavy atom. The van der Waals surface area contributed by atoms with Crippen molar-refractivity contribution >= 4 is 44.6 Å². The van der Waals surface area contributed by atoms with Gasteiger partial charge in [-0.1, -0.05) is 118 Å². The average molecular weight is 435 g/mol. The fraction of sp³-hybridized carbons (Fsp3) is 0.133. The SMILES string of the molecule is CC(C)(C)c1ccc(P(=O)(c2ccc3ccccc3c2)c2ccc3ccccc3c2)cc1. The summed E-state index contributed by atoms with van der Waals surface area (Å²) in [4.78, 5) is 0. The van der Waals surface area contributed by atoms with Crippen molar-refractivity contribution in [3.63, 3.8) is 0 Å². The van der Waals surface area contributed by atoms with Crippen molar-refractivity contribution in [2.24, 2.45) is 0 Å². The summed E-state index contributed by atoms with van der Waals surface area (Å²) in [6.07, 6.45) is 0. The molecule has 2 heteroatoms. The Morgan fingerprint density at radius 2 is 0.906 bits per heavy atom. The third-order valence-corrected chi connectivity index (χ3v) is 9.33. The largest absolute Gasteiger partial charge is 0.309 e. The van der Waals surface area contributed by atoms with Crippen molar-refractivity contribution < 1.29 is 4.57 Å². The molecule has 0 radical (unpaired) electrons. The van der Waals surface area contributed by atoms with Gasteiger partial charge in [0.15, 0.2) is 7.14 Å². The quantitative estimate of drug-likeness (QED) is 0.281. The van der Waals surface area contributed by atoms with Crippen molar-refractivity contribution in [1.29, 1.82) is 0 Å². The van der Waals surface area contributed by atoms with Crippen molar-refractivity contribution in [1.82, 2.24) is 0 Å². The van der Waals surface area contributed by atoms with E-state index in [0.717, 1.165) is 37.5 Å². The lowest BCUT2D eigenvalue weighted by atomic mass is 9.87. The molecule has 0 amide bonds. The van der Waals surface area contributed by atoms with E-state index in [2.05, 4.69) is 93.6 Å². The zero-order chi connectivity index (χ0) is 22.3. The molecular formula is C30H27OP. The zero-order valence-electron chi connectivity index (χ0n) is 18.7. The minimum Gasteiger partial charge on any atom is -0.309 e. The second kappa shape index (κ2) is 7.76. The summed E-state index contributed by atoms with van der Waals surface area (Å²) in [7, 11) is -3.06. The first-order valence-corrected chi connectivity index (χ1v) is 12.8. The van der Waals surface area contributed by atoms with Crippen LogP contribution in [0, 0.1) is 0 Å². The van der Waals surface area contributed by atoms with Gasteiger partial charge in [0.1, 0.15) is 0 Å². The molecule has 158 valence electrons. The van der Waals surface area contributed by atoms with Crippen LogP contribution in [0.15, 0.2) is 109 Å². The smallest absolute Gasteiger partial charge is 0.171 e. The van der Waals surface area contributed by atoms with Crippen LogP contribution in [0.2, 0.25) is 0 Å². The fourth-order valence-electron chi connectivity index (χ4n) is 4.36. The van der Waals surface area contributed by atoms with Gasteiger partial charge in [-0.3, -0.25) is 0 Å². The van der Waals surface area contributed by atoms with Crippen LogP contribution in [0.4, 0.5) is 0 Å². The van der Waals surface area contributed by atoms with Crippen molar-refractivity contribution in [2.75, 3.05) is 0 Å². The molecule has 0 N–H and O–H groups in total. The summed E-state index contributed by atoms with van der Waals surface area (Å²) in [5.74, 6) is 0. The van der Waals surface area contributed by atoms with Crippen LogP contribution in [0.5, 0.6) is 0 Å². The second-order valence-electron chi connectivity index (χ2n) is 9.47. The Balaban J connectivity index is 1.76. The van der Waals surface area contributed by atoms with Gasteiger partial charge in [0.25, 0.3) is 0 Å². The summed E-state index contributed by atoms with van der Waals surface area (Å²) in [5, 5.41) is 7.14. The van der Waals surface area contributed by atoms with Gasteiger partial charge in [0, 0.05) is 15.9 Å². The van der Waals surface area contributed by atoms with E-state index in [1.807, 2.05) is 36.4 Å². The highest BCUT2D eigenvalue weighted by Crippen LogP contribution is 2.44. The summed E-state index contributed by atoms with van der Waals surface area (Å²) >= 11 is 0. The first-order chi connectivity index (χ1) is 15.4. The summed E-state index contributed by atoms with van der Waals surface area (Å²) in [5.41, 5.74) is 1.29. The molecule has 0 fully saturated rings. The van der Waals surface area contributed by atoms with E-state index >= 15 is 4.57 Å².